The summed E-state index contributed by atoms with van der Waals surface area (Å²) in [6, 6.07) is 7.88. The van der Waals surface area contributed by atoms with Gasteiger partial charge >= 0.3 is 0 Å². The van der Waals surface area contributed by atoms with Crippen LogP contribution in [0.5, 0.6) is 0 Å². The molecule has 1 fully saturated rings. The second-order valence-corrected chi connectivity index (χ2v) is 5.37. The van der Waals surface area contributed by atoms with E-state index < -0.39 is 0 Å². The van der Waals surface area contributed by atoms with Gasteiger partial charge in [-0.15, -0.1) is 0 Å². The fourth-order valence-corrected chi connectivity index (χ4v) is 2.53. The molecule has 0 spiro atoms. The molecule has 1 N–H and O–H groups in total. The molecule has 1 aromatic rings. The summed E-state index contributed by atoms with van der Waals surface area (Å²) in [6.45, 7) is 8.96. The molecule has 0 saturated heterocycles. The van der Waals surface area contributed by atoms with Crippen molar-refractivity contribution >= 4 is 0 Å². The van der Waals surface area contributed by atoms with Gasteiger partial charge in [-0.2, -0.15) is 0 Å². The molecule has 1 aromatic carbocycles. The average Bonchev–Trinajstić information content (AvgIpc) is 2.99. The van der Waals surface area contributed by atoms with Gasteiger partial charge in [0.15, 0.2) is 0 Å². The van der Waals surface area contributed by atoms with Gasteiger partial charge in [0, 0.05) is 12.1 Å². The van der Waals surface area contributed by atoms with Crippen molar-refractivity contribution in [2.45, 2.75) is 52.6 Å². The zero-order valence-electron chi connectivity index (χ0n) is 10.9. The molecule has 1 aliphatic rings. The van der Waals surface area contributed by atoms with E-state index in [2.05, 4.69) is 51.2 Å². The lowest BCUT2D eigenvalue weighted by Crippen LogP contribution is -2.30. The van der Waals surface area contributed by atoms with Crippen molar-refractivity contribution in [1.82, 2.24) is 5.32 Å². The highest BCUT2D eigenvalue weighted by Gasteiger charge is 2.28. The molecule has 2 unspecified atom stereocenters. The fraction of sp³-hybridized carbons (Fsp3) is 0.600. The molecular formula is C15H23N. The van der Waals surface area contributed by atoms with Gasteiger partial charge in [0.05, 0.1) is 0 Å². The zero-order chi connectivity index (χ0) is 11.7. The minimum atomic E-state index is 0.469. The maximum Gasteiger partial charge on any atom is 0.0296 e. The average molecular weight is 217 g/mol. The SMILES string of the molecule is Cc1ccc(C(C)NC(C)C2CC2)c(C)c1. The Labute approximate surface area is 99.3 Å². The smallest absolute Gasteiger partial charge is 0.0296 e. The normalized spacial score (nSPS) is 19.5. The Morgan fingerprint density at radius 3 is 2.44 bits per heavy atom. The first-order valence-corrected chi connectivity index (χ1v) is 6.41. The lowest BCUT2D eigenvalue weighted by atomic mass is 9.99. The Bertz CT molecular complexity index is 366. The van der Waals surface area contributed by atoms with Crippen LogP contribution in [0, 0.1) is 19.8 Å². The summed E-state index contributed by atoms with van der Waals surface area (Å²) in [4.78, 5) is 0. The fourth-order valence-electron chi connectivity index (χ4n) is 2.53. The van der Waals surface area contributed by atoms with E-state index in [1.807, 2.05) is 0 Å². The zero-order valence-corrected chi connectivity index (χ0v) is 10.9. The molecule has 0 heterocycles. The number of hydrogen-bond donors (Lipinski definition) is 1. The van der Waals surface area contributed by atoms with E-state index >= 15 is 0 Å². The molecule has 2 atom stereocenters. The maximum atomic E-state index is 3.72. The van der Waals surface area contributed by atoms with Crippen LogP contribution >= 0.6 is 0 Å². The van der Waals surface area contributed by atoms with E-state index in [0.717, 1.165) is 5.92 Å². The van der Waals surface area contributed by atoms with Crippen molar-refractivity contribution < 1.29 is 0 Å². The van der Waals surface area contributed by atoms with Crippen LogP contribution in [-0.4, -0.2) is 6.04 Å². The van der Waals surface area contributed by atoms with E-state index in [1.165, 1.54) is 29.5 Å². The predicted octanol–water partition coefficient (Wildman–Crippen LogP) is 3.75. The Hall–Kier alpha value is -0.820. The van der Waals surface area contributed by atoms with Crippen LogP contribution in [0.15, 0.2) is 18.2 Å². The molecular weight excluding hydrogens is 194 g/mol. The van der Waals surface area contributed by atoms with Crippen LogP contribution in [0.3, 0.4) is 0 Å². The van der Waals surface area contributed by atoms with Crippen LogP contribution in [0.4, 0.5) is 0 Å². The third-order valence-corrected chi connectivity index (χ3v) is 3.73. The third-order valence-electron chi connectivity index (χ3n) is 3.73. The van der Waals surface area contributed by atoms with E-state index in [1.54, 1.807) is 0 Å². The third kappa shape index (κ3) is 2.65. The van der Waals surface area contributed by atoms with Crippen molar-refractivity contribution in [3.8, 4) is 0 Å². The Morgan fingerprint density at radius 2 is 1.88 bits per heavy atom. The standard InChI is InChI=1S/C15H23N/c1-10-5-8-15(11(2)9-10)13(4)16-12(3)14-6-7-14/h5,8-9,12-14,16H,6-7H2,1-4H3. The van der Waals surface area contributed by atoms with Crippen LogP contribution in [0.25, 0.3) is 0 Å². The van der Waals surface area contributed by atoms with Crippen molar-refractivity contribution in [2.24, 2.45) is 5.92 Å². The molecule has 0 radical (unpaired) electrons. The molecule has 16 heavy (non-hydrogen) atoms. The predicted molar refractivity (Wildman–Crippen MR) is 69.7 cm³/mol. The molecule has 1 saturated carbocycles. The molecule has 1 nitrogen and oxygen atoms in total. The Kier molecular flexibility index (Phi) is 3.34. The molecule has 0 aromatic heterocycles. The van der Waals surface area contributed by atoms with Gasteiger partial charge in [-0.25, -0.2) is 0 Å². The summed E-state index contributed by atoms with van der Waals surface area (Å²) in [7, 11) is 0. The summed E-state index contributed by atoms with van der Waals surface area (Å²) in [5.41, 5.74) is 4.20. The van der Waals surface area contributed by atoms with Crippen molar-refractivity contribution in [1.29, 1.82) is 0 Å². The minimum absolute atomic E-state index is 0.469. The summed E-state index contributed by atoms with van der Waals surface area (Å²) in [5.74, 6) is 0.924. The monoisotopic (exact) mass is 217 g/mol. The van der Waals surface area contributed by atoms with E-state index in [-0.39, 0.29) is 0 Å². The molecule has 0 amide bonds. The van der Waals surface area contributed by atoms with E-state index in [9.17, 15) is 0 Å². The molecule has 1 aliphatic carbocycles. The van der Waals surface area contributed by atoms with Crippen LogP contribution in [-0.2, 0) is 0 Å². The van der Waals surface area contributed by atoms with Gasteiger partial charge in [-0.05, 0) is 57.6 Å². The Morgan fingerprint density at radius 1 is 1.19 bits per heavy atom. The molecule has 88 valence electrons. The topological polar surface area (TPSA) is 12.0 Å². The largest absolute Gasteiger partial charge is 0.307 e. The first-order valence-electron chi connectivity index (χ1n) is 6.41. The minimum Gasteiger partial charge on any atom is -0.307 e. The van der Waals surface area contributed by atoms with E-state index in [4.69, 9.17) is 0 Å². The van der Waals surface area contributed by atoms with E-state index in [0.29, 0.717) is 12.1 Å². The highest BCUT2D eigenvalue weighted by Crippen LogP contribution is 2.33. The Balaban J connectivity index is 2.04. The number of hydrogen-bond acceptors (Lipinski definition) is 1. The maximum absolute atomic E-state index is 3.72. The lowest BCUT2D eigenvalue weighted by molar-refractivity contribution is 0.440. The van der Waals surface area contributed by atoms with Crippen molar-refractivity contribution in [3.05, 3.63) is 34.9 Å². The molecule has 0 bridgehead atoms. The van der Waals surface area contributed by atoms with Gasteiger partial charge in [0.1, 0.15) is 0 Å². The second-order valence-electron chi connectivity index (χ2n) is 5.37. The highest BCUT2D eigenvalue weighted by molar-refractivity contribution is 5.32. The highest BCUT2D eigenvalue weighted by atomic mass is 15.0. The van der Waals surface area contributed by atoms with Crippen molar-refractivity contribution in [2.75, 3.05) is 0 Å². The summed E-state index contributed by atoms with van der Waals surface area (Å²) >= 11 is 0. The van der Waals surface area contributed by atoms with Crippen molar-refractivity contribution in [3.63, 3.8) is 0 Å². The van der Waals surface area contributed by atoms with Gasteiger partial charge in [0.2, 0.25) is 0 Å². The summed E-state index contributed by atoms with van der Waals surface area (Å²) < 4.78 is 0. The first kappa shape index (κ1) is 11.7. The number of rotatable bonds is 4. The molecule has 0 aliphatic heterocycles. The quantitative estimate of drug-likeness (QED) is 0.810. The van der Waals surface area contributed by atoms with Crippen LogP contribution < -0.4 is 5.32 Å². The van der Waals surface area contributed by atoms with Crippen LogP contribution in [0.1, 0.15) is 49.4 Å². The summed E-state index contributed by atoms with van der Waals surface area (Å²) in [5, 5.41) is 3.72. The lowest BCUT2D eigenvalue weighted by Gasteiger charge is -2.21. The van der Waals surface area contributed by atoms with Gasteiger partial charge in [0.25, 0.3) is 0 Å². The molecule has 2 rings (SSSR count). The first-order chi connectivity index (χ1) is 7.58. The number of aryl methyl sites for hydroxylation is 2. The van der Waals surface area contributed by atoms with Crippen LogP contribution in [0.2, 0.25) is 0 Å². The number of nitrogens with one attached hydrogen (secondary N) is 1. The van der Waals surface area contributed by atoms with Gasteiger partial charge in [-0.3, -0.25) is 0 Å². The van der Waals surface area contributed by atoms with Gasteiger partial charge in [-0.1, -0.05) is 23.8 Å². The van der Waals surface area contributed by atoms with Gasteiger partial charge < -0.3 is 5.32 Å². The number of benzene rings is 1. The molecule has 1 heteroatoms. The summed E-state index contributed by atoms with van der Waals surface area (Å²) in [6.07, 6.45) is 2.82. The second kappa shape index (κ2) is 4.58.